The summed E-state index contributed by atoms with van der Waals surface area (Å²) in [5.41, 5.74) is 1.34. The Morgan fingerprint density at radius 2 is 0.791 bits per heavy atom. The van der Waals surface area contributed by atoms with Crippen LogP contribution in [0, 0.1) is 0 Å². The third kappa shape index (κ3) is 19.5. The molecule has 248 valence electrons. The molecule has 1 aliphatic rings. The minimum absolute atomic E-state index is 0.502. The lowest BCUT2D eigenvalue weighted by Gasteiger charge is -2.33. The minimum Gasteiger partial charge on any atom is -0.356 e. The average molecular weight is 595 g/mol. The molecule has 0 amide bonds. The number of anilines is 1. The van der Waals surface area contributed by atoms with Gasteiger partial charge in [-0.15, -0.1) is 0 Å². The Morgan fingerprint density at radius 3 is 1.21 bits per heavy atom. The topological polar surface area (TPSA) is 6.48 Å². The lowest BCUT2D eigenvalue weighted by molar-refractivity contribution is 0.273. The molecule has 1 aliphatic heterocycles. The maximum absolute atomic E-state index is 2.65. The molecule has 2 rings (SSSR count). The van der Waals surface area contributed by atoms with Crippen LogP contribution in [0.4, 0.5) is 5.69 Å². The van der Waals surface area contributed by atoms with Gasteiger partial charge in [0.05, 0.1) is 0 Å². The van der Waals surface area contributed by atoms with Gasteiger partial charge < -0.3 is 9.80 Å². The monoisotopic (exact) mass is 595 g/mol. The van der Waals surface area contributed by atoms with Gasteiger partial charge in [-0.05, 0) is 31.4 Å². The SMILES string of the molecule is CCCCCCCCCCCCCCCCC1N(CCCCCCCCCCCCCCCC)C=CN1c1ccccc1. The zero-order valence-electron chi connectivity index (χ0n) is 29.2. The Bertz CT molecular complexity index is 728. The standard InChI is InChI=1S/C41H74N2/c1-3-5-7-9-11-13-15-17-19-21-23-25-27-32-36-41-42(38-39-43(41)40-34-30-29-31-35-40)37-33-28-26-24-22-20-18-16-14-12-10-8-6-4-2/h29-31,34-35,38-39,41H,3-28,32-33,36-37H2,1-2H3. The highest BCUT2D eigenvalue weighted by Gasteiger charge is 2.26. The fourth-order valence-electron chi connectivity index (χ4n) is 6.91. The lowest BCUT2D eigenvalue weighted by Crippen LogP contribution is -2.39. The van der Waals surface area contributed by atoms with Gasteiger partial charge in [0, 0.05) is 24.6 Å². The Hall–Kier alpha value is -1.44. The Balaban J connectivity index is 1.52. The van der Waals surface area contributed by atoms with Crippen molar-refractivity contribution in [2.45, 2.75) is 206 Å². The predicted molar refractivity (Wildman–Crippen MR) is 194 cm³/mol. The van der Waals surface area contributed by atoms with Crippen LogP contribution in [-0.4, -0.2) is 17.6 Å². The minimum atomic E-state index is 0.502. The maximum Gasteiger partial charge on any atom is 0.105 e. The first-order chi connectivity index (χ1) is 21.4. The van der Waals surface area contributed by atoms with Gasteiger partial charge in [-0.25, -0.2) is 0 Å². The number of hydrogen-bond acceptors (Lipinski definition) is 2. The highest BCUT2D eigenvalue weighted by Crippen LogP contribution is 2.28. The fraction of sp³-hybridized carbons (Fsp3) is 0.805. The van der Waals surface area contributed by atoms with E-state index in [9.17, 15) is 0 Å². The molecule has 0 bridgehead atoms. The molecular formula is C41H74N2. The molecular weight excluding hydrogens is 520 g/mol. The number of unbranched alkanes of at least 4 members (excludes halogenated alkanes) is 26. The van der Waals surface area contributed by atoms with E-state index in [-0.39, 0.29) is 0 Å². The zero-order chi connectivity index (χ0) is 30.5. The van der Waals surface area contributed by atoms with Crippen molar-refractivity contribution in [2.24, 2.45) is 0 Å². The molecule has 2 heteroatoms. The molecule has 43 heavy (non-hydrogen) atoms. The molecule has 2 nitrogen and oxygen atoms in total. The lowest BCUT2D eigenvalue weighted by atomic mass is 10.0. The molecule has 0 saturated carbocycles. The first-order valence-electron chi connectivity index (χ1n) is 19.6. The van der Waals surface area contributed by atoms with Gasteiger partial charge in [0.2, 0.25) is 0 Å². The Morgan fingerprint density at radius 1 is 0.419 bits per heavy atom. The van der Waals surface area contributed by atoms with E-state index >= 15 is 0 Å². The molecule has 0 saturated heterocycles. The number of para-hydroxylation sites is 1. The number of rotatable bonds is 31. The summed E-state index contributed by atoms with van der Waals surface area (Å²) in [6, 6.07) is 11.1. The van der Waals surface area contributed by atoms with Gasteiger partial charge in [-0.1, -0.05) is 199 Å². The van der Waals surface area contributed by atoms with Gasteiger partial charge in [0.1, 0.15) is 6.17 Å². The molecule has 1 atom stereocenters. The van der Waals surface area contributed by atoms with E-state index in [0.29, 0.717) is 6.17 Å². The van der Waals surface area contributed by atoms with E-state index in [2.05, 4.69) is 66.4 Å². The second kappa shape index (κ2) is 28.1. The largest absolute Gasteiger partial charge is 0.356 e. The Kier molecular flexibility index (Phi) is 24.6. The molecule has 0 aromatic heterocycles. The van der Waals surface area contributed by atoms with Crippen LogP contribution in [0.5, 0.6) is 0 Å². The fourth-order valence-corrected chi connectivity index (χ4v) is 6.91. The molecule has 0 spiro atoms. The molecule has 1 aromatic carbocycles. The van der Waals surface area contributed by atoms with Crippen LogP contribution in [0.15, 0.2) is 42.7 Å². The highest BCUT2D eigenvalue weighted by atomic mass is 15.4. The molecule has 0 fully saturated rings. The second-order valence-corrected chi connectivity index (χ2v) is 13.7. The number of nitrogens with zero attached hydrogens (tertiary/aromatic N) is 2. The van der Waals surface area contributed by atoms with Crippen LogP contribution in [0.2, 0.25) is 0 Å². The summed E-state index contributed by atoms with van der Waals surface area (Å²) in [5, 5.41) is 0. The zero-order valence-corrected chi connectivity index (χ0v) is 29.2. The van der Waals surface area contributed by atoms with Crippen molar-refractivity contribution in [3.8, 4) is 0 Å². The van der Waals surface area contributed by atoms with Crippen molar-refractivity contribution < 1.29 is 0 Å². The first kappa shape index (κ1) is 37.7. The van der Waals surface area contributed by atoms with Gasteiger partial charge in [-0.3, -0.25) is 0 Å². The van der Waals surface area contributed by atoms with Crippen LogP contribution >= 0.6 is 0 Å². The summed E-state index contributed by atoms with van der Waals surface area (Å²) in [6.07, 6.45) is 46.6. The average Bonchev–Trinajstić information content (AvgIpc) is 3.44. The number of benzene rings is 1. The summed E-state index contributed by atoms with van der Waals surface area (Å²) < 4.78 is 0. The van der Waals surface area contributed by atoms with Crippen molar-refractivity contribution in [3.05, 3.63) is 42.7 Å². The third-order valence-electron chi connectivity index (χ3n) is 9.76. The van der Waals surface area contributed by atoms with Crippen LogP contribution in [0.3, 0.4) is 0 Å². The van der Waals surface area contributed by atoms with Gasteiger partial charge in [-0.2, -0.15) is 0 Å². The molecule has 0 N–H and O–H groups in total. The normalized spacial score (nSPS) is 14.8. The van der Waals surface area contributed by atoms with Crippen molar-refractivity contribution in [2.75, 3.05) is 11.4 Å². The third-order valence-corrected chi connectivity index (χ3v) is 9.76. The molecule has 1 unspecified atom stereocenters. The van der Waals surface area contributed by atoms with Crippen molar-refractivity contribution in [3.63, 3.8) is 0 Å². The maximum atomic E-state index is 2.65. The molecule has 0 aliphatic carbocycles. The van der Waals surface area contributed by atoms with E-state index in [1.54, 1.807) is 0 Å². The molecule has 1 heterocycles. The highest BCUT2D eigenvalue weighted by molar-refractivity contribution is 5.51. The van der Waals surface area contributed by atoms with E-state index in [0.717, 1.165) is 0 Å². The number of hydrogen-bond donors (Lipinski definition) is 0. The van der Waals surface area contributed by atoms with E-state index < -0.39 is 0 Å². The van der Waals surface area contributed by atoms with E-state index in [4.69, 9.17) is 0 Å². The van der Waals surface area contributed by atoms with Crippen LogP contribution in [0.25, 0.3) is 0 Å². The summed E-state index contributed by atoms with van der Waals surface area (Å²) >= 11 is 0. The predicted octanol–water partition coefficient (Wildman–Crippen LogP) is 14.0. The van der Waals surface area contributed by atoms with E-state index in [1.807, 2.05) is 0 Å². The molecule has 0 radical (unpaired) electrons. The van der Waals surface area contributed by atoms with Crippen molar-refractivity contribution in [1.29, 1.82) is 0 Å². The summed E-state index contributed by atoms with van der Waals surface area (Å²) in [4.78, 5) is 5.18. The van der Waals surface area contributed by atoms with Gasteiger partial charge in [0.15, 0.2) is 0 Å². The van der Waals surface area contributed by atoms with Crippen molar-refractivity contribution in [1.82, 2.24) is 4.90 Å². The molecule has 1 aromatic rings. The van der Waals surface area contributed by atoms with Crippen LogP contribution in [-0.2, 0) is 0 Å². The Labute approximate surface area is 270 Å². The summed E-state index contributed by atoms with van der Waals surface area (Å²) in [7, 11) is 0. The van der Waals surface area contributed by atoms with Gasteiger partial charge in [0.25, 0.3) is 0 Å². The first-order valence-corrected chi connectivity index (χ1v) is 19.6. The summed E-state index contributed by atoms with van der Waals surface area (Å²) in [6.45, 7) is 5.82. The smallest absolute Gasteiger partial charge is 0.105 e. The van der Waals surface area contributed by atoms with Gasteiger partial charge >= 0.3 is 0 Å². The summed E-state index contributed by atoms with van der Waals surface area (Å²) in [5.74, 6) is 0. The quantitative estimate of drug-likeness (QED) is 0.0789. The second-order valence-electron chi connectivity index (χ2n) is 13.7. The van der Waals surface area contributed by atoms with Crippen LogP contribution in [0.1, 0.15) is 200 Å². The van der Waals surface area contributed by atoms with Crippen molar-refractivity contribution >= 4 is 5.69 Å². The van der Waals surface area contributed by atoms with Crippen LogP contribution < -0.4 is 4.90 Å². The van der Waals surface area contributed by atoms with E-state index in [1.165, 1.54) is 198 Å².